The number of carbonyl (C=O) groups excluding carboxylic acids is 1. The molecule has 0 spiro atoms. The molecule has 1 amide bonds. The van der Waals surface area contributed by atoms with Crippen molar-refractivity contribution >= 4 is 17.7 Å². The Morgan fingerprint density at radius 1 is 1.44 bits per heavy atom. The lowest BCUT2D eigenvalue weighted by molar-refractivity contribution is -0.137. The Bertz CT molecular complexity index is 432. The second-order valence-corrected chi connectivity index (χ2v) is 5.40. The predicted molar refractivity (Wildman–Crippen MR) is 67.2 cm³/mol. The molecule has 1 aromatic rings. The van der Waals surface area contributed by atoms with Gasteiger partial charge in [-0.3, -0.25) is 14.3 Å². The van der Waals surface area contributed by atoms with E-state index in [4.69, 9.17) is 5.11 Å². The number of aliphatic carboxylic acids is 1. The zero-order valence-electron chi connectivity index (χ0n) is 10.9. The lowest BCUT2D eigenvalue weighted by Crippen LogP contribution is -2.16. The first-order valence-electron chi connectivity index (χ1n) is 5.81. The van der Waals surface area contributed by atoms with Crippen molar-refractivity contribution in [3.63, 3.8) is 0 Å². The first-order valence-corrected chi connectivity index (χ1v) is 5.81. The Morgan fingerprint density at radius 3 is 2.67 bits per heavy atom. The second kappa shape index (κ2) is 5.66. The van der Waals surface area contributed by atoms with E-state index in [2.05, 4.69) is 31.2 Å². The van der Waals surface area contributed by atoms with E-state index in [0.717, 1.165) is 6.42 Å². The summed E-state index contributed by atoms with van der Waals surface area (Å²) >= 11 is 0. The first kappa shape index (κ1) is 14.2. The molecule has 0 aliphatic rings. The third kappa shape index (κ3) is 5.47. The number of hydrogen-bond acceptors (Lipinski definition) is 3. The van der Waals surface area contributed by atoms with Gasteiger partial charge in [0.05, 0.1) is 0 Å². The molecule has 100 valence electrons. The molecule has 0 saturated heterocycles. The summed E-state index contributed by atoms with van der Waals surface area (Å²) < 4.78 is 1.27. The molecular formula is C12H19N3O3. The van der Waals surface area contributed by atoms with E-state index in [9.17, 15) is 9.59 Å². The smallest absolute Gasteiger partial charge is 0.325 e. The highest BCUT2D eigenvalue weighted by Crippen LogP contribution is 2.20. The topological polar surface area (TPSA) is 84.2 Å². The van der Waals surface area contributed by atoms with Crippen LogP contribution in [0.5, 0.6) is 0 Å². The van der Waals surface area contributed by atoms with Crippen molar-refractivity contribution in [1.29, 1.82) is 0 Å². The van der Waals surface area contributed by atoms with Crippen LogP contribution in [0.1, 0.15) is 33.6 Å². The summed E-state index contributed by atoms with van der Waals surface area (Å²) in [5.41, 5.74) is 0.111. The fourth-order valence-corrected chi connectivity index (χ4v) is 1.35. The average Bonchev–Trinajstić information content (AvgIpc) is 2.60. The van der Waals surface area contributed by atoms with Gasteiger partial charge in [0.1, 0.15) is 6.54 Å². The third-order valence-electron chi connectivity index (χ3n) is 2.31. The minimum Gasteiger partial charge on any atom is -0.480 e. The maximum Gasteiger partial charge on any atom is 0.325 e. The van der Waals surface area contributed by atoms with Gasteiger partial charge in [0.2, 0.25) is 5.91 Å². The van der Waals surface area contributed by atoms with Gasteiger partial charge < -0.3 is 10.4 Å². The fourth-order valence-electron chi connectivity index (χ4n) is 1.35. The number of aromatic nitrogens is 2. The zero-order chi connectivity index (χ0) is 13.8. The van der Waals surface area contributed by atoms with Crippen LogP contribution in [0.2, 0.25) is 0 Å². The average molecular weight is 253 g/mol. The Hall–Kier alpha value is -1.85. The van der Waals surface area contributed by atoms with Gasteiger partial charge in [0.25, 0.3) is 0 Å². The Balaban J connectivity index is 2.45. The van der Waals surface area contributed by atoms with E-state index in [1.165, 1.54) is 10.9 Å². The maximum atomic E-state index is 11.6. The number of amides is 1. The van der Waals surface area contributed by atoms with E-state index >= 15 is 0 Å². The van der Waals surface area contributed by atoms with Crippen LogP contribution in [0.25, 0.3) is 0 Å². The zero-order valence-corrected chi connectivity index (χ0v) is 10.9. The maximum absolute atomic E-state index is 11.6. The summed E-state index contributed by atoms with van der Waals surface area (Å²) in [4.78, 5) is 22.1. The minimum atomic E-state index is -0.969. The van der Waals surface area contributed by atoms with E-state index in [1.54, 1.807) is 6.07 Å². The number of rotatable bonds is 5. The highest BCUT2D eigenvalue weighted by molar-refractivity contribution is 5.89. The van der Waals surface area contributed by atoms with Gasteiger partial charge in [0, 0.05) is 18.7 Å². The molecule has 2 N–H and O–H groups in total. The van der Waals surface area contributed by atoms with Crippen molar-refractivity contribution in [2.75, 3.05) is 5.32 Å². The molecule has 6 heteroatoms. The summed E-state index contributed by atoms with van der Waals surface area (Å²) in [5.74, 6) is -0.690. The second-order valence-electron chi connectivity index (χ2n) is 5.40. The van der Waals surface area contributed by atoms with Gasteiger partial charge in [-0.05, 0) is 11.8 Å². The molecule has 0 radical (unpaired) electrons. The molecule has 0 bridgehead atoms. The summed E-state index contributed by atoms with van der Waals surface area (Å²) in [6.07, 6.45) is 2.73. The third-order valence-corrected chi connectivity index (χ3v) is 2.31. The number of anilines is 1. The molecule has 1 heterocycles. The number of nitrogens with one attached hydrogen (secondary N) is 1. The molecule has 0 aliphatic carbocycles. The molecule has 0 atom stereocenters. The van der Waals surface area contributed by atoms with Crippen LogP contribution in [0.4, 0.5) is 5.82 Å². The van der Waals surface area contributed by atoms with E-state index < -0.39 is 5.97 Å². The molecule has 0 aliphatic heterocycles. The van der Waals surface area contributed by atoms with Crippen molar-refractivity contribution in [1.82, 2.24) is 9.78 Å². The fraction of sp³-hybridized carbons (Fsp3) is 0.583. The summed E-state index contributed by atoms with van der Waals surface area (Å²) in [5, 5.41) is 15.2. The lowest BCUT2D eigenvalue weighted by Gasteiger charge is -2.16. The van der Waals surface area contributed by atoms with Crippen molar-refractivity contribution in [2.45, 2.75) is 40.2 Å². The Labute approximate surface area is 106 Å². The lowest BCUT2D eigenvalue weighted by atomic mass is 9.90. The standard InChI is InChI=1S/C12H19N3O3/c1-12(2,3)6-4-10(16)13-9-5-7-15(14-9)8-11(17)18/h5,7H,4,6,8H2,1-3H3,(H,17,18)(H,13,14,16). The Kier molecular flexibility index (Phi) is 4.47. The van der Waals surface area contributed by atoms with Crippen LogP contribution in [0, 0.1) is 5.41 Å². The van der Waals surface area contributed by atoms with E-state index in [-0.39, 0.29) is 17.9 Å². The van der Waals surface area contributed by atoms with Gasteiger partial charge >= 0.3 is 5.97 Å². The van der Waals surface area contributed by atoms with Crippen molar-refractivity contribution in [3.8, 4) is 0 Å². The molecule has 6 nitrogen and oxygen atoms in total. The highest BCUT2D eigenvalue weighted by Gasteiger charge is 2.13. The van der Waals surface area contributed by atoms with E-state index in [0.29, 0.717) is 12.2 Å². The molecular weight excluding hydrogens is 234 g/mol. The van der Waals surface area contributed by atoms with Crippen molar-refractivity contribution in [3.05, 3.63) is 12.3 Å². The number of carboxylic acids is 1. The molecule has 0 saturated carbocycles. The molecule has 0 unspecified atom stereocenters. The van der Waals surface area contributed by atoms with Crippen LogP contribution >= 0.6 is 0 Å². The van der Waals surface area contributed by atoms with Crippen molar-refractivity contribution < 1.29 is 14.7 Å². The molecule has 0 aromatic carbocycles. The minimum absolute atomic E-state index is 0.106. The van der Waals surface area contributed by atoms with Gasteiger partial charge in [-0.1, -0.05) is 20.8 Å². The largest absolute Gasteiger partial charge is 0.480 e. The quantitative estimate of drug-likeness (QED) is 0.837. The first-order chi connectivity index (χ1) is 8.26. The number of carbonyl (C=O) groups is 2. The summed E-state index contributed by atoms with van der Waals surface area (Å²) in [7, 11) is 0. The number of nitrogens with zero attached hydrogens (tertiary/aromatic N) is 2. The van der Waals surface area contributed by atoms with Gasteiger partial charge in [-0.25, -0.2) is 0 Å². The Morgan fingerprint density at radius 2 is 2.11 bits per heavy atom. The van der Waals surface area contributed by atoms with Crippen LogP contribution in [0.15, 0.2) is 12.3 Å². The predicted octanol–water partition coefficient (Wildman–Crippen LogP) is 1.73. The molecule has 1 rings (SSSR count). The summed E-state index contributed by atoms with van der Waals surface area (Å²) in [6, 6.07) is 1.58. The molecule has 1 aromatic heterocycles. The molecule has 0 fully saturated rings. The van der Waals surface area contributed by atoms with Crippen LogP contribution < -0.4 is 5.32 Å². The normalized spacial score (nSPS) is 11.3. The highest BCUT2D eigenvalue weighted by atomic mass is 16.4. The van der Waals surface area contributed by atoms with Crippen LogP contribution in [-0.4, -0.2) is 26.8 Å². The van der Waals surface area contributed by atoms with Crippen LogP contribution in [-0.2, 0) is 16.1 Å². The number of hydrogen-bond donors (Lipinski definition) is 2. The SMILES string of the molecule is CC(C)(C)CCC(=O)Nc1ccn(CC(=O)O)n1. The number of carboxylic acid groups (broad SMARTS) is 1. The monoisotopic (exact) mass is 253 g/mol. The van der Waals surface area contributed by atoms with Crippen molar-refractivity contribution in [2.24, 2.45) is 5.41 Å². The van der Waals surface area contributed by atoms with Gasteiger partial charge in [-0.2, -0.15) is 5.10 Å². The summed E-state index contributed by atoms with van der Waals surface area (Å²) in [6.45, 7) is 6.00. The van der Waals surface area contributed by atoms with Crippen LogP contribution in [0.3, 0.4) is 0 Å². The van der Waals surface area contributed by atoms with Gasteiger partial charge in [-0.15, -0.1) is 0 Å². The van der Waals surface area contributed by atoms with Gasteiger partial charge in [0.15, 0.2) is 5.82 Å². The molecule has 18 heavy (non-hydrogen) atoms. The van der Waals surface area contributed by atoms with E-state index in [1.807, 2.05) is 0 Å².